The summed E-state index contributed by atoms with van der Waals surface area (Å²) in [5, 5.41) is 0. The molecule has 0 aliphatic heterocycles. The van der Waals surface area contributed by atoms with E-state index in [2.05, 4.69) is 61.7 Å². The molecule has 2 atom stereocenters. The molecule has 176 valence electrons. The van der Waals surface area contributed by atoms with E-state index < -0.39 is 0 Å². The Kier molecular flexibility index (Phi) is 11.2. The minimum atomic E-state index is -0.347. The summed E-state index contributed by atoms with van der Waals surface area (Å²) in [6.07, 6.45) is -0.350. The van der Waals surface area contributed by atoms with Gasteiger partial charge in [0.05, 0.1) is 0 Å². The highest BCUT2D eigenvalue weighted by Gasteiger charge is 2.12. The molecule has 0 aromatic heterocycles. The van der Waals surface area contributed by atoms with Gasteiger partial charge in [0.1, 0.15) is 12.2 Å². The summed E-state index contributed by atoms with van der Waals surface area (Å²) in [6.45, 7) is 14.3. The van der Waals surface area contributed by atoms with Gasteiger partial charge in [0.25, 0.3) is 0 Å². The van der Waals surface area contributed by atoms with Gasteiger partial charge < -0.3 is 9.47 Å². The highest BCUT2D eigenvalue weighted by Crippen LogP contribution is 2.31. The molecule has 0 radical (unpaired) electrons. The molecule has 33 heavy (non-hydrogen) atoms. The smallest absolute Gasteiger partial charge is 0.333 e. The van der Waals surface area contributed by atoms with E-state index in [0.29, 0.717) is 22.7 Å². The van der Waals surface area contributed by atoms with Crippen molar-refractivity contribution in [2.24, 2.45) is 0 Å². The first-order valence-corrected chi connectivity index (χ1v) is 13.3. The van der Waals surface area contributed by atoms with Crippen LogP contribution in [-0.4, -0.2) is 35.7 Å². The monoisotopic (exact) mass is 502 g/mol. The van der Waals surface area contributed by atoms with Gasteiger partial charge in [-0.15, -0.1) is 23.5 Å². The van der Waals surface area contributed by atoms with E-state index in [1.165, 1.54) is 0 Å². The molecule has 2 aromatic rings. The topological polar surface area (TPSA) is 52.6 Å². The molecule has 0 amide bonds. The molecule has 2 unspecified atom stereocenters. The van der Waals surface area contributed by atoms with E-state index in [-0.39, 0.29) is 24.1 Å². The van der Waals surface area contributed by atoms with E-state index >= 15 is 0 Å². The SMILES string of the molecule is C=C(C)C(=O)OC(C)CSc1ccc(Sc2ccc(SCC(C)OC(=O)C(=C)C)cc2)cc1. The number of carbonyl (C=O) groups is 2. The van der Waals surface area contributed by atoms with E-state index in [4.69, 9.17) is 9.47 Å². The average Bonchev–Trinajstić information content (AvgIpc) is 2.78. The molecule has 2 aromatic carbocycles. The van der Waals surface area contributed by atoms with Crippen LogP contribution >= 0.6 is 35.3 Å². The quantitative estimate of drug-likeness (QED) is 0.175. The lowest BCUT2D eigenvalue weighted by molar-refractivity contribution is -0.143. The zero-order valence-corrected chi connectivity index (χ0v) is 21.9. The second-order valence-corrected chi connectivity index (χ2v) is 11.0. The van der Waals surface area contributed by atoms with Crippen LogP contribution in [0.25, 0.3) is 0 Å². The number of carbonyl (C=O) groups excluding carboxylic acids is 2. The first kappa shape index (κ1) is 27.2. The summed E-state index contributed by atoms with van der Waals surface area (Å²) in [6, 6.07) is 16.7. The van der Waals surface area contributed by atoms with Crippen LogP contribution in [0.4, 0.5) is 0 Å². The summed E-state index contributed by atoms with van der Waals surface area (Å²) in [5.41, 5.74) is 0.831. The van der Waals surface area contributed by atoms with Gasteiger partial charge >= 0.3 is 11.9 Å². The Hall–Kier alpha value is -2.09. The lowest BCUT2D eigenvalue weighted by Crippen LogP contribution is -2.17. The van der Waals surface area contributed by atoms with Gasteiger partial charge in [0.2, 0.25) is 0 Å². The molecule has 0 aliphatic rings. The Bertz CT molecular complexity index is 889. The third-order valence-corrected chi connectivity index (χ3v) is 7.66. The van der Waals surface area contributed by atoms with Crippen LogP contribution in [0, 0.1) is 0 Å². The summed E-state index contributed by atoms with van der Waals surface area (Å²) in [5.74, 6) is 0.686. The van der Waals surface area contributed by atoms with Gasteiger partial charge in [-0.05, 0) is 76.2 Å². The van der Waals surface area contributed by atoms with Crippen molar-refractivity contribution in [1.82, 2.24) is 0 Å². The van der Waals surface area contributed by atoms with Crippen LogP contribution in [0.5, 0.6) is 0 Å². The molecule has 0 bridgehead atoms. The number of hydrogen-bond acceptors (Lipinski definition) is 7. The zero-order chi connectivity index (χ0) is 24.4. The summed E-state index contributed by atoms with van der Waals surface area (Å²) >= 11 is 5.01. The first-order valence-electron chi connectivity index (χ1n) is 10.5. The Morgan fingerprint density at radius 3 is 1.30 bits per heavy atom. The van der Waals surface area contributed by atoms with E-state index in [0.717, 1.165) is 19.6 Å². The molecule has 0 heterocycles. The molecule has 7 heteroatoms. The predicted molar refractivity (Wildman–Crippen MR) is 139 cm³/mol. The second-order valence-electron chi connectivity index (χ2n) is 7.66. The van der Waals surface area contributed by atoms with Gasteiger partial charge in [-0.3, -0.25) is 0 Å². The number of esters is 2. The number of benzene rings is 2. The summed E-state index contributed by atoms with van der Waals surface area (Å²) < 4.78 is 10.6. The Morgan fingerprint density at radius 1 is 0.697 bits per heavy atom. The highest BCUT2D eigenvalue weighted by atomic mass is 32.2. The highest BCUT2D eigenvalue weighted by molar-refractivity contribution is 8.00. The molecule has 2 rings (SSSR count). The maximum atomic E-state index is 11.6. The maximum absolute atomic E-state index is 11.6. The zero-order valence-electron chi connectivity index (χ0n) is 19.5. The van der Waals surface area contributed by atoms with Crippen molar-refractivity contribution in [2.45, 2.75) is 59.5 Å². The van der Waals surface area contributed by atoms with Crippen LogP contribution in [0.1, 0.15) is 27.7 Å². The van der Waals surface area contributed by atoms with Crippen LogP contribution in [0.3, 0.4) is 0 Å². The van der Waals surface area contributed by atoms with Crippen molar-refractivity contribution in [2.75, 3.05) is 11.5 Å². The molecule has 0 saturated carbocycles. The summed E-state index contributed by atoms with van der Waals surface area (Å²) in [7, 11) is 0. The Morgan fingerprint density at radius 2 is 1.00 bits per heavy atom. The standard InChI is InChI=1S/C26H30O4S3/c1-17(2)25(27)29-19(5)15-31-21-7-11-23(12-8-21)33-24-13-9-22(10-14-24)32-16-20(6)30-26(28)18(3)4/h7-14,19-20H,1,3,15-16H2,2,4-6H3. The van der Waals surface area contributed by atoms with Gasteiger partial charge in [-0.2, -0.15) is 0 Å². The average molecular weight is 503 g/mol. The minimum absolute atomic E-state index is 0.175. The van der Waals surface area contributed by atoms with E-state index in [1.807, 2.05) is 13.8 Å². The second kappa shape index (κ2) is 13.6. The fourth-order valence-corrected chi connectivity index (χ4v) is 4.87. The number of hydrogen-bond donors (Lipinski definition) is 0. The largest absolute Gasteiger partial charge is 0.458 e. The van der Waals surface area contributed by atoms with Crippen LogP contribution in [0.15, 0.2) is 92.4 Å². The Labute approximate surface area is 209 Å². The molecule has 0 spiro atoms. The van der Waals surface area contributed by atoms with Gasteiger partial charge in [0.15, 0.2) is 0 Å². The van der Waals surface area contributed by atoms with Crippen LogP contribution in [-0.2, 0) is 19.1 Å². The molecule has 0 N–H and O–H groups in total. The lowest BCUT2D eigenvalue weighted by atomic mass is 10.3. The van der Waals surface area contributed by atoms with Gasteiger partial charge in [-0.25, -0.2) is 9.59 Å². The normalized spacial score (nSPS) is 12.5. The fourth-order valence-electron chi connectivity index (χ4n) is 2.41. The van der Waals surface area contributed by atoms with Gasteiger partial charge in [0, 0.05) is 42.2 Å². The van der Waals surface area contributed by atoms with Crippen molar-refractivity contribution in [3.63, 3.8) is 0 Å². The molecule has 0 fully saturated rings. The minimum Gasteiger partial charge on any atom is -0.458 e. The molecule has 0 aliphatic carbocycles. The third-order valence-electron chi connectivity index (χ3n) is 4.17. The Balaban J connectivity index is 1.79. The van der Waals surface area contributed by atoms with Crippen LogP contribution < -0.4 is 0 Å². The maximum Gasteiger partial charge on any atom is 0.333 e. The molecule has 4 nitrogen and oxygen atoms in total. The van der Waals surface area contributed by atoms with Crippen molar-refractivity contribution < 1.29 is 19.1 Å². The number of rotatable bonds is 12. The number of ether oxygens (including phenoxy) is 2. The third kappa shape index (κ3) is 10.2. The van der Waals surface area contributed by atoms with Gasteiger partial charge in [-0.1, -0.05) is 24.9 Å². The van der Waals surface area contributed by atoms with E-state index in [1.54, 1.807) is 49.1 Å². The fraction of sp³-hybridized carbons (Fsp3) is 0.308. The van der Waals surface area contributed by atoms with Crippen molar-refractivity contribution in [3.8, 4) is 0 Å². The molecular formula is C26H30O4S3. The van der Waals surface area contributed by atoms with Crippen molar-refractivity contribution in [1.29, 1.82) is 0 Å². The van der Waals surface area contributed by atoms with Crippen LogP contribution in [0.2, 0.25) is 0 Å². The van der Waals surface area contributed by atoms with E-state index in [9.17, 15) is 9.59 Å². The first-order chi connectivity index (χ1) is 15.6. The molecule has 0 saturated heterocycles. The van der Waals surface area contributed by atoms with Crippen molar-refractivity contribution in [3.05, 3.63) is 72.8 Å². The van der Waals surface area contributed by atoms with Crippen molar-refractivity contribution >= 4 is 47.2 Å². The predicted octanol–water partition coefficient (Wildman–Crippen LogP) is 7.04. The lowest BCUT2D eigenvalue weighted by Gasteiger charge is -2.13. The summed E-state index contributed by atoms with van der Waals surface area (Å²) in [4.78, 5) is 27.7. The number of thioether (sulfide) groups is 2. The molecular weight excluding hydrogens is 472 g/mol.